The molecule has 7 heteroatoms. The Morgan fingerprint density at radius 3 is 3.17 bits per heavy atom. The van der Waals surface area contributed by atoms with Gasteiger partial charge in [-0.2, -0.15) is 0 Å². The van der Waals surface area contributed by atoms with E-state index in [2.05, 4.69) is 9.97 Å². The summed E-state index contributed by atoms with van der Waals surface area (Å²) in [4.78, 5) is 32.6. The lowest BCUT2D eigenvalue weighted by Crippen LogP contribution is -2.44. The van der Waals surface area contributed by atoms with E-state index in [1.54, 1.807) is 17.3 Å². The Hall–Kier alpha value is -2.18. The fraction of sp³-hybridized carbons (Fsp3) is 0.353. The summed E-state index contributed by atoms with van der Waals surface area (Å²) in [6, 6.07) is 5.22. The van der Waals surface area contributed by atoms with Crippen LogP contribution in [0.5, 0.6) is 0 Å². The van der Waals surface area contributed by atoms with Crippen LogP contribution < -0.4 is 5.56 Å². The molecule has 126 valence electrons. The molecule has 6 nitrogen and oxygen atoms in total. The highest BCUT2D eigenvalue weighted by Gasteiger charge is 2.26. The van der Waals surface area contributed by atoms with Crippen molar-refractivity contribution >= 4 is 17.5 Å². The van der Waals surface area contributed by atoms with Crippen molar-refractivity contribution in [2.24, 2.45) is 0 Å². The summed E-state index contributed by atoms with van der Waals surface area (Å²) in [5, 5.41) is 0.333. The maximum absolute atomic E-state index is 12.6. The van der Waals surface area contributed by atoms with E-state index in [0.717, 1.165) is 18.4 Å². The number of H-pyrrole nitrogens is 1. The lowest BCUT2D eigenvalue weighted by molar-refractivity contribution is -0.00686. The smallest absolute Gasteiger partial charge is 0.260 e. The largest absolute Gasteiger partial charge is 0.372 e. The standard InChI is InChI=1S/C17H18ClN3O3/c18-13-7-15(16(22)20-9-13)17(23)21-6-2-4-14(10-21)24-11-12-3-1-5-19-8-12/h1,3,5,7-9,14H,2,4,6,10-11H2,(H,20,22)/t14-/m1/s1. The minimum Gasteiger partial charge on any atom is -0.372 e. The number of piperidine rings is 1. The number of nitrogens with zero attached hydrogens (tertiary/aromatic N) is 2. The van der Waals surface area contributed by atoms with Crippen LogP contribution in [0.15, 0.2) is 41.6 Å². The third-order valence-corrected chi connectivity index (χ3v) is 4.19. The van der Waals surface area contributed by atoms with Crippen molar-refractivity contribution < 1.29 is 9.53 Å². The predicted molar refractivity (Wildman–Crippen MR) is 90.0 cm³/mol. The molecule has 1 aliphatic rings. The summed E-state index contributed by atoms with van der Waals surface area (Å²) in [7, 11) is 0. The van der Waals surface area contributed by atoms with E-state index >= 15 is 0 Å². The number of rotatable bonds is 4. The van der Waals surface area contributed by atoms with Crippen molar-refractivity contribution in [3.63, 3.8) is 0 Å². The molecule has 1 fully saturated rings. The molecular weight excluding hydrogens is 330 g/mol. The van der Waals surface area contributed by atoms with Crippen molar-refractivity contribution in [1.29, 1.82) is 0 Å². The van der Waals surface area contributed by atoms with Gasteiger partial charge >= 0.3 is 0 Å². The van der Waals surface area contributed by atoms with Crippen molar-refractivity contribution in [3.05, 3.63) is 63.3 Å². The van der Waals surface area contributed by atoms with Gasteiger partial charge in [-0.1, -0.05) is 17.7 Å². The van der Waals surface area contributed by atoms with Gasteiger partial charge in [-0.05, 0) is 30.5 Å². The molecule has 2 aromatic heterocycles. The van der Waals surface area contributed by atoms with Crippen LogP contribution in [0.3, 0.4) is 0 Å². The second kappa shape index (κ2) is 7.59. The molecule has 1 atom stereocenters. The van der Waals surface area contributed by atoms with Gasteiger partial charge in [0.2, 0.25) is 0 Å². The van der Waals surface area contributed by atoms with Crippen LogP contribution in [0.2, 0.25) is 5.02 Å². The van der Waals surface area contributed by atoms with E-state index in [-0.39, 0.29) is 17.6 Å². The molecule has 3 heterocycles. The predicted octanol–water partition coefficient (Wildman–Crippen LogP) is 2.24. The molecule has 0 aliphatic carbocycles. The third-order valence-electron chi connectivity index (χ3n) is 3.97. The van der Waals surface area contributed by atoms with Crippen LogP contribution in [-0.4, -0.2) is 40.0 Å². The first kappa shape index (κ1) is 16.7. The van der Waals surface area contributed by atoms with E-state index in [0.29, 0.717) is 24.7 Å². The number of carbonyl (C=O) groups is 1. The molecule has 0 radical (unpaired) electrons. The first-order valence-corrected chi connectivity index (χ1v) is 8.19. The highest BCUT2D eigenvalue weighted by Crippen LogP contribution is 2.17. The average molecular weight is 348 g/mol. The highest BCUT2D eigenvalue weighted by atomic mass is 35.5. The fourth-order valence-electron chi connectivity index (χ4n) is 2.74. The Morgan fingerprint density at radius 2 is 2.38 bits per heavy atom. The molecule has 0 saturated carbocycles. The lowest BCUT2D eigenvalue weighted by atomic mass is 10.1. The van der Waals surface area contributed by atoms with Gasteiger partial charge in [0.15, 0.2) is 0 Å². The molecule has 24 heavy (non-hydrogen) atoms. The zero-order valence-corrected chi connectivity index (χ0v) is 13.8. The monoisotopic (exact) mass is 347 g/mol. The maximum Gasteiger partial charge on any atom is 0.260 e. The summed E-state index contributed by atoms with van der Waals surface area (Å²) < 4.78 is 5.89. The number of nitrogens with one attached hydrogen (secondary N) is 1. The number of hydrogen-bond acceptors (Lipinski definition) is 4. The summed E-state index contributed by atoms with van der Waals surface area (Å²) in [6.45, 7) is 1.53. The number of halogens is 1. The number of aromatic amines is 1. The fourth-order valence-corrected chi connectivity index (χ4v) is 2.91. The molecule has 0 bridgehead atoms. The van der Waals surface area contributed by atoms with Gasteiger partial charge in [-0.25, -0.2) is 0 Å². The van der Waals surface area contributed by atoms with E-state index in [9.17, 15) is 9.59 Å². The summed E-state index contributed by atoms with van der Waals surface area (Å²) in [5.41, 5.74) is 0.630. The molecule has 0 aromatic carbocycles. The van der Waals surface area contributed by atoms with E-state index in [4.69, 9.17) is 16.3 Å². The van der Waals surface area contributed by atoms with Crippen molar-refractivity contribution in [2.75, 3.05) is 13.1 Å². The SMILES string of the molecule is O=C(c1cc(Cl)c[nH]c1=O)N1CCC[C@@H](OCc2cccnc2)C1. The Balaban J connectivity index is 1.63. The van der Waals surface area contributed by atoms with Gasteiger partial charge in [0, 0.05) is 31.7 Å². The number of likely N-dealkylation sites (tertiary alicyclic amines) is 1. The van der Waals surface area contributed by atoms with Crippen molar-refractivity contribution in [3.8, 4) is 0 Å². The maximum atomic E-state index is 12.6. The molecule has 0 spiro atoms. The number of ether oxygens (including phenoxy) is 1. The van der Waals surface area contributed by atoms with Crippen LogP contribution in [-0.2, 0) is 11.3 Å². The zero-order chi connectivity index (χ0) is 16.9. The normalized spacial score (nSPS) is 17.7. The molecule has 0 unspecified atom stereocenters. The first-order valence-electron chi connectivity index (χ1n) is 7.81. The number of aromatic nitrogens is 2. The lowest BCUT2D eigenvalue weighted by Gasteiger charge is -2.32. The van der Waals surface area contributed by atoms with Crippen LogP contribution >= 0.6 is 11.6 Å². The van der Waals surface area contributed by atoms with Crippen LogP contribution in [0.1, 0.15) is 28.8 Å². The zero-order valence-electron chi connectivity index (χ0n) is 13.1. The van der Waals surface area contributed by atoms with Crippen molar-refractivity contribution in [1.82, 2.24) is 14.9 Å². The molecular formula is C17H18ClN3O3. The second-order valence-electron chi connectivity index (χ2n) is 5.75. The van der Waals surface area contributed by atoms with Gasteiger partial charge in [0.25, 0.3) is 11.5 Å². The van der Waals surface area contributed by atoms with Crippen LogP contribution in [0.25, 0.3) is 0 Å². The highest BCUT2D eigenvalue weighted by molar-refractivity contribution is 6.30. The Labute approximate surface area is 144 Å². The summed E-state index contributed by atoms with van der Waals surface area (Å²) >= 11 is 5.87. The van der Waals surface area contributed by atoms with E-state index in [1.807, 2.05) is 12.1 Å². The first-order chi connectivity index (χ1) is 11.6. The third kappa shape index (κ3) is 4.01. The van der Waals surface area contributed by atoms with Crippen LogP contribution in [0, 0.1) is 0 Å². The summed E-state index contributed by atoms with van der Waals surface area (Å²) in [5.74, 6) is -0.312. The number of hydrogen-bond donors (Lipinski definition) is 1. The molecule has 1 saturated heterocycles. The van der Waals surface area contributed by atoms with E-state index in [1.165, 1.54) is 12.3 Å². The minimum absolute atomic E-state index is 0.0545. The van der Waals surface area contributed by atoms with Crippen LogP contribution in [0.4, 0.5) is 0 Å². The molecule has 1 amide bonds. The van der Waals surface area contributed by atoms with E-state index < -0.39 is 5.56 Å². The number of carbonyl (C=O) groups excluding carboxylic acids is 1. The van der Waals surface area contributed by atoms with Gasteiger partial charge < -0.3 is 14.6 Å². The average Bonchev–Trinajstić information content (AvgIpc) is 2.62. The van der Waals surface area contributed by atoms with Crippen molar-refractivity contribution in [2.45, 2.75) is 25.6 Å². The van der Waals surface area contributed by atoms with Gasteiger partial charge in [0.05, 0.1) is 17.7 Å². The molecule has 1 aliphatic heterocycles. The Morgan fingerprint density at radius 1 is 1.50 bits per heavy atom. The summed E-state index contributed by atoms with van der Waals surface area (Å²) in [6.07, 6.45) is 6.51. The quantitative estimate of drug-likeness (QED) is 0.920. The van der Waals surface area contributed by atoms with Gasteiger partial charge in [0.1, 0.15) is 5.56 Å². The number of amides is 1. The topological polar surface area (TPSA) is 75.3 Å². The molecule has 1 N–H and O–H groups in total. The Bertz CT molecular complexity index is 763. The number of pyridine rings is 2. The molecule has 2 aromatic rings. The second-order valence-corrected chi connectivity index (χ2v) is 6.18. The molecule has 3 rings (SSSR count). The Kier molecular flexibility index (Phi) is 5.27. The minimum atomic E-state index is -0.428. The van der Waals surface area contributed by atoms with Gasteiger partial charge in [-0.15, -0.1) is 0 Å². The van der Waals surface area contributed by atoms with Gasteiger partial charge in [-0.3, -0.25) is 14.6 Å².